The molecule has 0 amide bonds. The van der Waals surface area contributed by atoms with E-state index in [0.29, 0.717) is 4.90 Å². The molecule has 0 bridgehead atoms. The molecule has 0 aliphatic heterocycles. The summed E-state index contributed by atoms with van der Waals surface area (Å²) in [7, 11) is -3.41. The predicted octanol–water partition coefficient (Wildman–Crippen LogP) is 4.66. The molecular weight excluding hydrogens is 280 g/mol. The Morgan fingerprint density at radius 2 is 1.86 bits per heavy atom. The van der Waals surface area contributed by atoms with Crippen molar-refractivity contribution < 1.29 is 8.42 Å². The SMILES string of the molecule is CC1=C(C=C=CS(=O)(=O)c2ccccc2)C(C)(C)CCC1. The molecular formula is C18H22O2S. The summed E-state index contributed by atoms with van der Waals surface area (Å²) in [5.74, 6) is 0. The first-order valence-corrected chi connectivity index (χ1v) is 8.80. The van der Waals surface area contributed by atoms with Gasteiger partial charge in [0.1, 0.15) is 0 Å². The lowest BCUT2D eigenvalue weighted by Gasteiger charge is -2.32. The van der Waals surface area contributed by atoms with E-state index in [1.807, 2.05) is 6.08 Å². The quantitative estimate of drug-likeness (QED) is 0.761. The molecule has 0 spiro atoms. The molecule has 0 N–H and O–H groups in total. The van der Waals surface area contributed by atoms with Gasteiger partial charge in [0.15, 0.2) is 0 Å². The van der Waals surface area contributed by atoms with Crippen LogP contribution in [-0.2, 0) is 9.84 Å². The third-order valence-electron chi connectivity index (χ3n) is 4.07. The molecule has 1 aliphatic rings. The molecule has 0 aromatic heterocycles. The van der Waals surface area contributed by atoms with Crippen LogP contribution < -0.4 is 0 Å². The van der Waals surface area contributed by atoms with Crippen LogP contribution in [0, 0.1) is 5.41 Å². The highest BCUT2D eigenvalue weighted by molar-refractivity contribution is 7.94. The summed E-state index contributed by atoms with van der Waals surface area (Å²) in [6, 6.07) is 8.45. The van der Waals surface area contributed by atoms with Gasteiger partial charge < -0.3 is 0 Å². The standard InChI is InChI=1S/C18H22O2S/c1-15-9-7-13-18(2,3)17(15)12-8-14-21(19,20)16-10-5-4-6-11-16/h4-6,10-12,14H,7,9,13H2,1-3H3. The van der Waals surface area contributed by atoms with Gasteiger partial charge in [-0.05, 0) is 55.4 Å². The van der Waals surface area contributed by atoms with Gasteiger partial charge >= 0.3 is 0 Å². The maximum Gasteiger partial charge on any atom is 0.207 e. The van der Waals surface area contributed by atoms with Gasteiger partial charge in [0, 0.05) is 0 Å². The maximum atomic E-state index is 12.2. The zero-order valence-electron chi connectivity index (χ0n) is 12.9. The monoisotopic (exact) mass is 302 g/mol. The van der Waals surface area contributed by atoms with E-state index < -0.39 is 9.84 Å². The van der Waals surface area contributed by atoms with Crippen molar-refractivity contribution in [3.05, 3.63) is 58.7 Å². The molecule has 112 valence electrons. The first-order valence-electron chi connectivity index (χ1n) is 7.26. The van der Waals surface area contributed by atoms with Crippen LogP contribution in [0.2, 0.25) is 0 Å². The molecule has 0 radical (unpaired) electrons. The minimum Gasteiger partial charge on any atom is -0.218 e. The molecule has 0 unspecified atom stereocenters. The Morgan fingerprint density at radius 3 is 2.48 bits per heavy atom. The molecule has 3 heteroatoms. The van der Waals surface area contributed by atoms with E-state index in [1.54, 1.807) is 30.3 Å². The number of hydrogen-bond donors (Lipinski definition) is 0. The van der Waals surface area contributed by atoms with E-state index in [-0.39, 0.29) is 5.41 Å². The molecule has 1 aromatic carbocycles. The summed E-state index contributed by atoms with van der Waals surface area (Å²) in [5, 5.41) is 1.17. The molecule has 0 atom stereocenters. The smallest absolute Gasteiger partial charge is 0.207 e. The summed E-state index contributed by atoms with van der Waals surface area (Å²) in [4.78, 5) is 0.305. The molecule has 21 heavy (non-hydrogen) atoms. The van der Waals surface area contributed by atoms with Gasteiger partial charge in [0.05, 0.1) is 10.3 Å². The zero-order chi connectivity index (χ0) is 15.5. The lowest BCUT2D eigenvalue weighted by atomic mass is 9.73. The van der Waals surface area contributed by atoms with Gasteiger partial charge in [-0.15, -0.1) is 5.73 Å². The van der Waals surface area contributed by atoms with E-state index in [2.05, 4.69) is 26.5 Å². The van der Waals surface area contributed by atoms with E-state index in [9.17, 15) is 8.42 Å². The second kappa shape index (κ2) is 6.05. The van der Waals surface area contributed by atoms with Crippen LogP contribution in [0.4, 0.5) is 0 Å². The topological polar surface area (TPSA) is 34.1 Å². The summed E-state index contributed by atoms with van der Waals surface area (Å²) in [6.45, 7) is 6.53. The molecule has 0 heterocycles. The Bertz CT molecular complexity index is 701. The van der Waals surface area contributed by atoms with Gasteiger partial charge in [-0.2, -0.15) is 0 Å². The Hall–Kier alpha value is -1.57. The van der Waals surface area contributed by atoms with Crippen molar-refractivity contribution in [1.82, 2.24) is 0 Å². The first kappa shape index (κ1) is 15.8. The highest BCUT2D eigenvalue weighted by Gasteiger charge is 2.26. The van der Waals surface area contributed by atoms with Crippen LogP contribution in [0.5, 0.6) is 0 Å². The Balaban J connectivity index is 2.33. The number of sulfone groups is 1. The van der Waals surface area contributed by atoms with E-state index in [0.717, 1.165) is 12.8 Å². The number of rotatable bonds is 3. The lowest BCUT2D eigenvalue weighted by molar-refractivity contribution is 0.377. The second-order valence-corrected chi connectivity index (χ2v) is 8.02. The maximum absolute atomic E-state index is 12.2. The fraction of sp³-hybridized carbons (Fsp3) is 0.389. The minimum atomic E-state index is -3.41. The Labute approximate surface area is 127 Å². The van der Waals surface area contributed by atoms with Crippen LogP contribution in [-0.4, -0.2) is 8.42 Å². The van der Waals surface area contributed by atoms with Crippen molar-refractivity contribution in [1.29, 1.82) is 0 Å². The summed E-state index contributed by atoms with van der Waals surface area (Å²) in [6.07, 6.45) is 5.25. The van der Waals surface area contributed by atoms with Crippen molar-refractivity contribution >= 4 is 9.84 Å². The van der Waals surface area contributed by atoms with Crippen molar-refractivity contribution in [2.24, 2.45) is 5.41 Å². The first-order chi connectivity index (χ1) is 9.83. The molecule has 0 saturated heterocycles. The average molecular weight is 302 g/mol. The Kier molecular flexibility index (Phi) is 4.55. The third-order valence-corrected chi connectivity index (χ3v) is 5.44. The van der Waals surface area contributed by atoms with Crippen LogP contribution in [0.25, 0.3) is 0 Å². The van der Waals surface area contributed by atoms with Gasteiger partial charge in [-0.3, -0.25) is 0 Å². The lowest BCUT2D eigenvalue weighted by Crippen LogP contribution is -2.18. The molecule has 2 rings (SSSR count). The van der Waals surface area contributed by atoms with Crippen molar-refractivity contribution in [2.75, 3.05) is 0 Å². The van der Waals surface area contributed by atoms with Gasteiger partial charge in [-0.1, -0.05) is 37.6 Å². The summed E-state index contributed by atoms with van der Waals surface area (Å²) in [5.41, 5.74) is 5.53. The highest BCUT2D eigenvalue weighted by atomic mass is 32.2. The average Bonchev–Trinajstić information content (AvgIpc) is 2.43. The normalized spacial score (nSPS) is 18.0. The second-order valence-electron chi connectivity index (χ2n) is 6.22. The molecule has 0 fully saturated rings. The van der Waals surface area contributed by atoms with E-state index >= 15 is 0 Å². The van der Waals surface area contributed by atoms with Crippen LogP contribution >= 0.6 is 0 Å². The number of allylic oxidation sites excluding steroid dienone is 3. The Morgan fingerprint density at radius 1 is 1.19 bits per heavy atom. The fourth-order valence-corrected chi connectivity index (χ4v) is 3.77. The zero-order valence-corrected chi connectivity index (χ0v) is 13.7. The van der Waals surface area contributed by atoms with Crippen molar-refractivity contribution in [3.8, 4) is 0 Å². The summed E-state index contributed by atoms with van der Waals surface area (Å²) < 4.78 is 24.3. The molecule has 1 aromatic rings. The van der Waals surface area contributed by atoms with E-state index in [4.69, 9.17) is 0 Å². The van der Waals surface area contributed by atoms with Crippen LogP contribution in [0.3, 0.4) is 0 Å². The van der Waals surface area contributed by atoms with Crippen LogP contribution in [0.15, 0.2) is 63.6 Å². The van der Waals surface area contributed by atoms with Gasteiger partial charge in [-0.25, -0.2) is 8.42 Å². The number of hydrogen-bond acceptors (Lipinski definition) is 2. The summed E-state index contributed by atoms with van der Waals surface area (Å²) >= 11 is 0. The van der Waals surface area contributed by atoms with Gasteiger partial charge in [0.2, 0.25) is 9.84 Å². The van der Waals surface area contributed by atoms with E-state index in [1.165, 1.54) is 23.0 Å². The minimum absolute atomic E-state index is 0.0969. The molecule has 2 nitrogen and oxygen atoms in total. The van der Waals surface area contributed by atoms with Crippen molar-refractivity contribution in [2.45, 2.75) is 44.9 Å². The third kappa shape index (κ3) is 3.75. The highest BCUT2D eigenvalue weighted by Crippen LogP contribution is 2.40. The largest absolute Gasteiger partial charge is 0.218 e. The molecule has 1 aliphatic carbocycles. The predicted molar refractivity (Wildman–Crippen MR) is 86.6 cm³/mol. The van der Waals surface area contributed by atoms with Gasteiger partial charge in [0.25, 0.3) is 0 Å². The molecule has 0 saturated carbocycles. The van der Waals surface area contributed by atoms with Crippen LogP contribution in [0.1, 0.15) is 40.0 Å². The fourth-order valence-electron chi connectivity index (χ4n) is 2.85. The van der Waals surface area contributed by atoms with Crippen molar-refractivity contribution in [3.63, 3.8) is 0 Å². The number of benzene rings is 1.